The summed E-state index contributed by atoms with van der Waals surface area (Å²) in [6, 6.07) is 5.37. The molecule has 1 heterocycles. The van der Waals surface area contributed by atoms with Crippen molar-refractivity contribution < 1.29 is 19.1 Å². The molecule has 0 saturated carbocycles. The van der Waals surface area contributed by atoms with Crippen LogP contribution in [-0.4, -0.2) is 15.4 Å². The van der Waals surface area contributed by atoms with Gasteiger partial charge in [0, 0.05) is 11.6 Å². The summed E-state index contributed by atoms with van der Waals surface area (Å²) in [4.78, 5) is 0. The number of nitrogens with zero attached hydrogens (tertiary/aromatic N) is 1. The van der Waals surface area contributed by atoms with E-state index in [0.29, 0.717) is 17.0 Å². The van der Waals surface area contributed by atoms with Crippen LogP contribution in [0.2, 0.25) is 0 Å². The minimum absolute atomic E-state index is 0.232. The third-order valence-corrected chi connectivity index (χ3v) is 1.95. The largest absolute Gasteiger partial charge is 0.505 e. The van der Waals surface area contributed by atoms with Gasteiger partial charge < -0.3 is 14.7 Å². The van der Waals surface area contributed by atoms with Gasteiger partial charge in [0.15, 0.2) is 17.3 Å². The summed E-state index contributed by atoms with van der Waals surface area (Å²) in [6.45, 7) is -0.232. The molecule has 0 spiro atoms. The summed E-state index contributed by atoms with van der Waals surface area (Å²) in [6.07, 6.45) is 0. The molecule has 0 atom stereocenters. The molecule has 0 bridgehead atoms. The first kappa shape index (κ1) is 9.67. The molecule has 5 heteroatoms. The van der Waals surface area contributed by atoms with Crippen LogP contribution in [0.1, 0.15) is 5.69 Å². The predicted octanol–water partition coefficient (Wildman–Crippen LogP) is 1.68. The zero-order chi connectivity index (χ0) is 10.8. The Labute approximate surface area is 84.6 Å². The molecule has 2 rings (SSSR count). The Bertz CT molecular complexity index is 481. The Hall–Kier alpha value is -1.88. The number of halogens is 1. The third-order valence-electron chi connectivity index (χ3n) is 1.95. The van der Waals surface area contributed by atoms with E-state index in [-0.39, 0.29) is 6.61 Å². The lowest BCUT2D eigenvalue weighted by atomic mass is 10.1. The minimum atomic E-state index is -0.727. The highest BCUT2D eigenvalue weighted by atomic mass is 19.1. The van der Waals surface area contributed by atoms with Crippen molar-refractivity contribution in [3.8, 4) is 17.1 Å². The maximum absolute atomic E-state index is 13.0. The molecule has 1 aromatic carbocycles. The van der Waals surface area contributed by atoms with Crippen molar-refractivity contribution in [3.63, 3.8) is 0 Å². The van der Waals surface area contributed by atoms with Crippen LogP contribution < -0.4 is 0 Å². The van der Waals surface area contributed by atoms with Crippen LogP contribution in [-0.2, 0) is 6.61 Å². The minimum Gasteiger partial charge on any atom is -0.505 e. The molecule has 15 heavy (non-hydrogen) atoms. The SMILES string of the molecule is OCc1cc(-c2ccc(O)c(F)c2)on1. The number of aliphatic hydroxyl groups excluding tert-OH is 1. The van der Waals surface area contributed by atoms with E-state index >= 15 is 0 Å². The molecular formula is C10H8FNO3. The maximum atomic E-state index is 13.0. The van der Waals surface area contributed by atoms with Crippen molar-refractivity contribution >= 4 is 0 Å². The fourth-order valence-electron chi connectivity index (χ4n) is 1.18. The number of aromatic hydroxyl groups is 1. The van der Waals surface area contributed by atoms with E-state index in [0.717, 1.165) is 6.07 Å². The molecular weight excluding hydrogens is 201 g/mol. The first-order chi connectivity index (χ1) is 7.20. The van der Waals surface area contributed by atoms with E-state index in [1.807, 2.05) is 0 Å². The molecule has 0 aliphatic rings. The van der Waals surface area contributed by atoms with Gasteiger partial charge in [0.1, 0.15) is 5.69 Å². The van der Waals surface area contributed by atoms with Gasteiger partial charge in [-0.1, -0.05) is 5.16 Å². The summed E-state index contributed by atoms with van der Waals surface area (Å²) < 4.78 is 17.9. The van der Waals surface area contributed by atoms with E-state index in [9.17, 15) is 4.39 Å². The lowest BCUT2D eigenvalue weighted by Crippen LogP contribution is -1.79. The normalized spacial score (nSPS) is 10.5. The molecule has 0 fully saturated rings. The fraction of sp³-hybridized carbons (Fsp3) is 0.100. The highest BCUT2D eigenvalue weighted by molar-refractivity contribution is 5.58. The van der Waals surface area contributed by atoms with Gasteiger partial charge in [0.25, 0.3) is 0 Å². The molecule has 0 unspecified atom stereocenters. The van der Waals surface area contributed by atoms with Gasteiger partial charge in [-0.25, -0.2) is 4.39 Å². The van der Waals surface area contributed by atoms with Crippen molar-refractivity contribution in [1.29, 1.82) is 0 Å². The summed E-state index contributed by atoms with van der Waals surface area (Å²) in [5.74, 6) is -0.798. The summed E-state index contributed by atoms with van der Waals surface area (Å²) in [5, 5.41) is 21.3. The van der Waals surface area contributed by atoms with Gasteiger partial charge in [-0.3, -0.25) is 0 Å². The standard InChI is InChI=1S/C10H8FNO3/c11-8-3-6(1-2-9(8)14)10-4-7(5-13)12-15-10/h1-4,13-14H,5H2. The quantitative estimate of drug-likeness (QED) is 0.789. The second kappa shape index (κ2) is 3.70. The smallest absolute Gasteiger partial charge is 0.167 e. The van der Waals surface area contributed by atoms with Crippen LogP contribution in [0, 0.1) is 5.82 Å². The summed E-state index contributed by atoms with van der Waals surface area (Å²) >= 11 is 0. The maximum Gasteiger partial charge on any atom is 0.167 e. The summed E-state index contributed by atoms with van der Waals surface area (Å²) in [5.41, 5.74) is 0.830. The highest BCUT2D eigenvalue weighted by Gasteiger charge is 2.08. The van der Waals surface area contributed by atoms with Gasteiger partial charge in [0.05, 0.1) is 6.61 Å². The number of rotatable bonds is 2. The van der Waals surface area contributed by atoms with Crippen LogP contribution >= 0.6 is 0 Å². The van der Waals surface area contributed by atoms with Crippen molar-refractivity contribution in [3.05, 3.63) is 35.8 Å². The summed E-state index contributed by atoms with van der Waals surface area (Å²) in [7, 11) is 0. The van der Waals surface area contributed by atoms with Crippen LogP contribution in [0.25, 0.3) is 11.3 Å². The zero-order valence-corrected chi connectivity index (χ0v) is 7.64. The number of hydrogen-bond donors (Lipinski definition) is 2. The number of phenolic OH excluding ortho intramolecular Hbond substituents is 1. The first-order valence-electron chi connectivity index (χ1n) is 4.26. The average molecular weight is 209 g/mol. The van der Waals surface area contributed by atoms with Crippen LogP contribution in [0.3, 0.4) is 0 Å². The number of aliphatic hydroxyl groups is 1. The zero-order valence-electron chi connectivity index (χ0n) is 7.64. The van der Waals surface area contributed by atoms with E-state index < -0.39 is 11.6 Å². The second-order valence-electron chi connectivity index (χ2n) is 3.01. The highest BCUT2D eigenvalue weighted by Crippen LogP contribution is 2.25. The Balaban J connectivity index is 2.40. The van der Waals surface area contributed by atoms with Gasteiger partial charge in [-0.15, -0.1) is 0 Å². The van der Waals surface area contributed by atoms with Gasteiger partial charge >= 0.3 is 0 Å². The van der Waals surface area contributed by atoms with E-state index in [2.05, 4.69) is 5.16 Å². The van der Waals surface area contributed by atoms with Crippen LogP contribution in [0.5, 0.6) is 5.75 Å². The van der Waals surface area contributed by atoms with Gasteiger partial charge in [-0.05, 0) is 18.2 Å². The Morgan fingerprint density at radius 2 is 2.13 bits per heavy atom. The van der Waals surface area contributed by atoms with Gasteiger partial charge in [-0.2, -0.15) is 0 Å². The van der Waals surface area contributed by atoms with Crippen LogP contribution in [0.15, 0.2) is 28.8 Å². The molecule has 78 valence electrons. The lowest BCUT2D eigenvalue weighted by molar-refractivity contribution is 0.267. The molecule has 0 amide bonds. The first-order valence-corrected chi connectivity index (χ1v) is 4.26. The van der Waals surface area contributed by atoms with Crippen molar-refractivity contribution in [1.82, 2.24) is 5.16 Å². The number of aromatic nitrogens is 1. The van der Waals surface area contributed by atoms with Crippen LogP contribution in [0.4, 0.5) is 4.39 Å². The average Bonchev–Trinajstić information content (AvgIpc) is 2.70. The van der Waals surface area contributed by atoms with E-state index in [4.69, 9.17) is 14.7 Å². The van der Waals surface area contributed by atoms with E-state index in [1.54, 1.807) is 0 Å². The topological polar surface area (TPSA) is 66.5 Å². The van der Waals surface area contributed by atoms with Gasteiger partial charge in [0.2, 0.25) is 0 Å². The molecule has 4 nitrogen and oxygen atoms in total. The van der Waals surface area contributed by atoms with Crippen molar-refractivity contribution in [2.45, 2.75) is 6.61 Å². The fourth-order valence-corrected chi connectivity index (χ4v) is 1.18. The molecule has 0 aliphatic heterocycles. The van der Waals surface area contributed by atoms with Crippen molar-refractivity contribution in [2.24, 2.45) is 0 Å². The molecule has 0 aliphatic carbocycles. The molecule has 1 aromatic heterocycles. The number of benzene rings is 1. The lowest BCUT2D eigenvalue weighted by Gasteiger charge is -1.97. The molecule has 0 saturated heterocycles. The molecule has 2 N–H and O–H groups in total. The number of phenols is 1. The Morgan fingerprint density at radius 3 is 2.73 bits per heavy atom. The molecule has 2 aromatic rings. The molecule has 0 radical (unpaired) electrons. The third kappa shape index (κ3) is 1.82. The Morgan fingerprint density at radius 1 is 1.33 bits per heavy atom. The van der Waals surface area contributed by atoms with E-state index in [1.165, 1.54) is 18.2 Å². The number of hydrogen-bond acceptors (Lipinski definition) is 4. The predicted molar refractivity (Wildman–Crippen MR) is 49.5 cm³/mol. The monoisotopic (exact) mass is 209 g/mol. The Kier molecular flexibility index (Phi) is 2.39. The van der Waals surface area contributed by atoms with Crippen molar-refractivity contribution in [2.75, 3.05) is 0 Å². The second-order valence-corrected chi connectivity index (χ2v) is 3.01.